The molecule has 0 radical (unpaired) electrons. The number of nitrogens with one attached hydrogen (secondary N) is 1. The molecule has 102 valence electrons. The van der Waals surface area contributed by atoms with Crippen molar-refractivity contribution in [2.24, 2.45) is 0 Å². The van der Waals surface area contributed by atoms with Gasteiger partial charge in [0.15, 0.2) is 6.79 Å². The minimum absolute atomic E-state index is 0.214. The largest absolute Gasteiger partial charge is 0.466 e. The van der Waals surface area contributed by atoms with Crippen molar-refractivity contribution < 1.29 is 14.2 Å². The Morgan fingerprint density at radius 3 is 2.89 bits per heavy atom. The Hall–Kier alpha value is -0.810. The molecule has 0 fully saturated rings. The SMILES string of the molecule is CCOCOc1c(Cl)cccc1CNCCOC. The van der Waals surface area contributed by atoms with Crippen LogP contribution in [0.1, 0.15) is 12.5 Å². The summed E-state index contributed by atoms with van der Waals surface area (Å²) in [7, 11) is 1.68. The molecule has 18 heavy (non-hydrogen) atoms. The number of ether oxygens (including phenoxy) is 3. The lowest BCUT2D eigenvalue weighted by Gasteiger charge is -2.13. The normalized spacial score (nSPS) is 10.6. The van der Waals surface area contributed by atoms with Crippen LogP contribution in [0.25, 0.3) is 0 Å². The molecular weight excluding hydrogens is 254 g/mol. The Morgan fingerprint density at radius 2 is 2.17 bits per heavy atom. The van der Waals surface area contributed by atoms with Crippen LogP contribution in [0.2, 0.25) is 5.02 Å². The Bertz CT molecular complexity index is 347. The predicted octanol–water partition coefficient (Wildman–Crippen LogP) is 2.45. The Labute approximate surface area is 113 Å². The Balaban J connectivity index is 2.56. The van der Waals surface area contributed by atoms with Crippen molar-refractivity contribution in [1.29, 1.82) is 0 Å². The molecule has 0 saturated carbocycles. The number of para-hydroxylation sites is 1. The van der Waals surface area contributed by atoms with E-state index in [2.05, 4.69) is 5.32 Å². The zero-order valence-corrected chi connectivity index (χ0v) is 11.6. The molecule has 0 saturated heterocycles. The van der Waals surface area contributed by atoms with Gasteiger partial charge in [-0.25, -0.2) is 0 Å². The van der Waals surface area contributed by atoms with Crippen molar-refractivity contribution in [3.8, 4) is 5.75 Å². The van der Waals surface area contributed by atoms with Crippen LogP contribution in [0.15, 0.2) is 18.2 Å². The average molecular weight is 274 g/mol. The topological polar surface area (TPSA) is 39.7 Å². The first kappa shape index (κ1) is 15.2. The molecule has 1 aromatic rings. The number of methoxy groups -OCH3 is 1. The van der Waals surface area contributed by atoms with Crippen molar-refractivity contribution >= 4 is 11.6 Å². The van der Waals surface area contributed by atoms with Crippen molar-refractivity contribution in [1.82, 2.24) is 5.32 Å². The fraction of sp³-hybridized carbons (Fsp3) is 0.538. The van der Waals surface area contributed by atoms with Crippen molar-refractivity contribution in [3.05, 3.63) is 28.8 Å². The highest BCUT2D eigenvalue weighted by molar-refractivity contribution is 6.32. The summed E-state index contributed by atoms with van der Waals surface area (Å²) in [5.41, 5.74) is 1.01. The molecule has 1 N–H and O–H groups in total. The number of benzene rings is 1. The maximum absolute atomic E-state index is 6.12. The molecule has 0 heterocycles. The summed E-state index contributed by atoms with van der Waals surface area (Å²) in [6, 6.07) is 5.69. The highest BCUT2D eigenvalue weighted by Crippen LogP contribution is 2.28. The second kappa shape index (κ2) is 9.16. The summed E-state index contributed by atoms with van der Waals surface area (Å²) in [6.45, 7) is 4.90. The lowest BCUT2D eigenvalue weighted by molar-refractivity contribution is 0.0218. The first-order valence-corrected chi connectivity index (χ1v) is 6.35. The van der Waals surface area contributed by atoms with E-state index in [-0.39, 0.29) is 6.79 Å². The molecule has 0 bridgehead atoms. The molecule has 0 aromatic heterocycles. The summed E-state index contributed by atoms with van der Waals surface area (Å²) in [4.78, 5) is 0. The van der Waals surface area contributed by atoms with E-state index in [1.54, 1.807) is 7.11 Å². The van der Waals surface area contributed by atoms with E-state index in [0.717, 1.165) is 12.1 Å². The van der Waals surface area contributed by atoms with E-state index in [1.807, 2.05) is 25.1 Å². The highest BCUT2D eigenvalue weighted by atomic mass is 35.5. The minimum Gasteiger partial charge on any atom is -0.466 e. The third-order valence-electron chi connectivity index (χ3n) is 2.34. The van der Waals surface area contributed by atoms with E-state index >= 15 is 0 Å². The minimum atomic E-state index is 0.214. The molecule has 0 unspecified atom stereocenters. The predicted molar refractivity (Wildman–Crippen MR) is 72.2 cm³/mol. The molecule has 0 spiro atoms. The molecule has 5 heteroatoms. The third kappa shape index (κ3) is 5.23. The summed E-state index contributed by atoms with van der Waals surface area (Å²) in [5, 5.41) is 3.85. The molecule has 0 aliphatic heterocycles. The Morgan fingerprint density at radius 1 is 1.33 bits per heavy atom. The van der Waals surface area contributed by atoms with Crippen LogP contribution in [0.3, 0.4) is 0 Å². The average Bonchev–Trinajstić information content (AvgIpc) is 2.37. The number of halogens is 1. The standard InChI is InChI=1S/C13H20ClNO3/c1-3-17-10-18-13-11(5-4-6-12(13)14)9-15-7-8-16-2/h4-6,15H,3,7-10H2,1-2H3. The smallest absolute Gasteiger partial charge is 0.189 e. The van der Waals surface area contributed by atoms with Crippen molar-refractivity contribution in [3.63, 3.8) is 0 Å². The van der Waals surface area contributed by atoms with Crippen LogP contribution in [0.5, 0.6) is 5.75 Å². The van der Waals surface area contributed by atoms with E-state index in [1.165, 1.54) is 0 Å². The van der Waals surface area contributed by atoms with Crippen LogP contribution >= 0.6 is 11.6 Å². The molecule has 0 amide bonds. The fourth-order valence-corrected chi connectivity index (χ4v) is 1.68. The van der Waals surface area contributed by atoms with Gasteiger partial charge in [0.05, 0.1) is 11.6 Å². The van der Waals surface area contributed by atoms with Gasteiger partial charge in [-0.05, 0) is 13.0 Å². The summed E-state index contributed by atoms with van der Waals surface area (Å²) in [5.74, 6) is 0.678. The van der Waals surface area contributed by atoms with Crippen LogP contribution < -0.4 is 10.1 Å². The van der Waals surface area contributed by atoms with E-state index in [4.69, 9.17) is 25.8 Å². The van der Waals surface area contributed by atoms with E-state index in [9.17, 15) is 0 Å². The molecule has 1 aromatic carbocycles. The molecular formula is C13H20ClNO3. The molecule has 0 aliphatic carbocycles. The first-order chi connectivity index (χ1) is 8.79. The van der Waals surface area contributed by atoms with E-state index < -0.39 is 0 Å². The zero-order valence-electron chi connectivity index (χ0n) is 10.9. The quantitative estimate of drug-likeness (QED) is 0.554. The summed E-state index contributed by atoms with van der Waals surface area (Å²) < 4.78 is 15.7. The molecule has 1 rings (SSSR count). The van der Waals surface area contributed by atoms with Gasteiger partial charge in [0.1, 0.15) is 5.75 Å². The van der Waals surface area contributed by atoms with Gasteiger partial charge in [-0.2, -0.15) is 0 Å². The lowest BCUT2D eigenvalue weighted by atomic mass is 10.2. The maximum Gasteiger partial charge on any atom is 0.189 e. The van der Waals surface area contributed by atoms with Crippen molar-refractivity contribution in [2.75, 3.05) is 33.7 Å². The lowest BCUT2D eigenvalue weighted by Crippen LogP contribution is -2.19. The van der Waals surface area contributed by atoms with Gasteiger partial charge in [-0.1, -0.05) is 23.7 Å². The van der Waals surface area contributed by atoms with Crippen LogP contribution in [0, 0.1) is 0 Å². The summed E-state index contributed by atoms with van der Waals surface area (Å²) >= 11 is 6.12. The van der Waals surface area contributed by atoms with Gasteiger partial charge >= 0.3 is 0 Å². The zero-order chi connectivity index (χ0) is 13.2. The van der Waals surface area contributed by atoms with E-state index in [0.29, 0.717) is 30.5 Å². The first-order valence-electron chi connectivity index (χ1n) is 5.97. The fourth-order valence-electron chi connectivity index (χ4n) is 1.44. The second-order valence-corrected chi connectivity index (χ2v) is 4.06. The molecule has 0 aliphatic rings. The van der Waals surface area contributed by atoms with Crippen LogP contribution in [0.4, 0.5) is 0 Å². The molecule has 4 nitrogen and oxygen atoms in total. The molecule has 0 atom stereocenters. The second-order valence-electron chi connectivity index (χ2n) is 3.65. The highest BCUT2D eigenvalue weighted by Gasteiger charge is 2.08. The number of hydrogen-bond donors (Lipinski definition) is 1. The maximum atomic E-state index is 6.12. The van der Waals surface area contributed by atoms with Gasteiger partial charge in [-0.3, -0.25) is 0 Å². The van der Waals surface area contributed by atoms with Crippen LogP contribution in [-0.2, 0) is 16.0 Å². The van der Waals surface area contributed by atoms with Gasteiger partial charge in [0.25, 0.3) is 0 Å². The van der Waals surface area contributed by atoms with Crippen molar-refractivity contribution in [2.45, 2.75) is 13.5 Å². The third-order valence-corrected chi connectivity index (χ3v) is 2.64. The van der Waals surface area contributed by atoms with Gasteiger partial charge in [0.2, 0.25) is 0 Å². The van der Waals surface area contributed by atoms with Crippen LogP contribution in [-0.4, -0.2) is 33.7 Å². The van der Waals surface area contributed by atoms with Gasteiger partial charge in [-0.15, -0.1) is 0 Å². The number of hydrogen-bond acceptors (Lipinski definition) is 4. The monoisotopic (exact) mass is 273 g/mol. The number of rotatable bonds is 9. The van der Waals surface area contributed by atoms with Gasteiger partial charge in [0, 0.05) is 32.4 Å². The Kier molecular flexibility index (Phi) is 7.76. The van der Waals surface area contributed by atoms with Gasteiger partial charge < -0.3 is 19.5 Å². The summed E-state index contributed by atoms with van der Waals surface area (Å²) in [6.07, 6.45) is 0.